The van der Waals surface area contributed by atoms with Crippen molar-refractivity contribution in [1.29, 1.82) is 0 Å². The number of thioether (sulfide) groups is 1. The maximum Gasteiger partial charge on any atom is 0.232 e. The van der Waals surface area contributed by atoms with Gasteiger partial charge in [-0.1, -0.05) is 29.5 Å². The fraction of sp³-hybridized carbons (Fsp3) is 0.286. The molecular formula is C21H24N4O3S. The number of hydrogen-bond acceptors (Lipinski definition) is 6. The fourth-order valence-electron chi connectivity index (χ4n) is 2.57. The number of aryl methyl sites for hydroxylation is 1. The summed E-state index contributed by atoms with van der Waals surface area (Å²) in [5.74, 6) is 2.80. The molecule has 29 heavy (non-hydrogen) atoms. The van der Waals surface area contributed by atoms with Crippen LogP contribution in [0.4, 0.5) is 5.69 Å². The van der Waals surface area contributed by atoms with Crippen LogP contribution in [0, 0.1) is 6.92 Å². The van der Waals surface area contributed by atoms with Crippen LogP contribution in [0.5, 0.6) is 11.5 Å². The van der Waals surface area contributed by atoms with Crippen molar-refractivity contribution in [2.75, 3.05) is 24.8 Å². The number of hydrogen-bond donors (Lipinski definition) is 1. The lowest BCUT2D eigenvalue weighted by Gasteiger charge is -2.07. The molecule has 0 aliphatic rings. The molecule has 1 amide bonds. The Balaban J connectivity index is 1.45. The van der Waals surface area contributed by atoms with Crippen LogP contribution in [-0.4, -0.2) is 40.1 Å². The summed E-state index contributed by atoms with van der Waals surface area (Å²) in [5, 5.41) is 12.0. The minimum Gasteiger partial charge on any atom is -0.497 e. The summed E-state index contributed by atoms with van der Waals surface area (Å²) in [4.78, 5) is 12.3. The molecule has 7 nitrogen and oxygen atoms in total. The molecule has 0 bridgehead atoms. The minimum atomic E-state index is -0.122. The van der Waals surface area contributed by atoms with Crippen LogP contribution in [0.15, 0.2) is 53.7 Å². The fourth-order valence-corrected chi connectivity index (χ4v) is 3.32. The van der Waals surface area contributed by atoms with E-state index < -0.39 is 0 Å². The Morgan fingerprint density at radius 3 is 2.45 bits per heavy atom. The van der Waals surface area contributed by atoms with Crippen LogP contribution in [0.1, 0.15) is 11.4 Å². The largest absolute Gasteiger partial charge is 0.497 e. The number of anilines is 1. The van der Waals surface area contributed by atoms with Gasteiger partial charge in [-0.3, -0.25) is 4.79 Å². The average molecular weight is 413 g/mol. The number of nitrogens with one attached hydrogen (secondary N) is 1. The smallest absolute Gasteiger partial charge is 0.232 e. The number of methoxy groups -OCH3 is 1. The highest BCUT2D eigenvalue weighted by Crippen LogP contribution is 2.19. The summed E-state index contributed by atoms with van der Waals surface area (Å²) < 4.78 is 12.7. The van der Waals surface area contributed by atoms with E-state index >= 15 is 0 Å². The number of nitrogens with zero attached hydrogens (tertiary/aromatic N) is 3. The van der Waals surface area contributed by atoms with Crippen molar-refractivity contribution < 1.29 is 14.3 Å². The second-order valence-corrected chi connectivity index (χ2v) is 7.48. The van der Waals surface area contributed by atoms with E-state index in [4.69, 9.17) is 9.47 Å². The van der Waals surface area contributed by atoms with Gasteiger partial charge in [0.25, 0.3) is 0 Å². The molecule has 3 aromatic rings. The molecule has 1 heterocycles. The lowest BCUT2D eigenvalue weighted by Crippen LogP contribution is -2.17. The average Bonchev–Trinajstić information content (AvgIpc) is 3.07. The minimum absolute atomic E-state index is 0.122. The monoisotopic (exact) mass is 412 g/mol. The number of aromatic nitrogens is 3. The van der Waals surface area contributed by atoms with Gasteiger partial charge in [-0.15, -0.1) is 10.2 Å². The van der Waals surface area contributed by atoms with Crippen LogP contribution in [0.2, 0.25) is 0 Å². The predicted molar refractivity (Wildman–Crippen MR) is 114 cm³/mol. The van der Waals surface area contributed by atoms with E-state index in [0.717, 1.165) is 27.9 Å². The van der Waals surface area contributed by atoms with E-state index in [-0.39, 0.29) is 12.3 Å². The van der Waals surface area contributed by atoms with Gasteiger partial charge in [0, 0.05) is 18.5 Å². The molecule has 0 atom stereocenters. The third-order valence-corrected chi connectivity index (χ3v) is 5.21. The number of carbonyl (C=O) groups is 1. The van der Waals surface area contributed by atoms with Gasteiger partial charge in [0.1, 0.15) is 17.3 Å². The van der Waals surface area contributed by atoms with Gasteiger partial charge < -0.3 is 19.4 Å². The summed E-state index contributed by atoms with van der Waals surface area (Å²) in [6.07, 6.45) is 0.167. The Morgan fingerprint density at radius 2 is 1.76 bits per heavy atom. The third-order valence-electron chi connectivity index (χ3n) is 4.22. The molecule has 2 aromatic carbocycles. The van der Waals surface area contributed by atoms with Gasteiger partial charge in [0.05, 0.1) is 20.1 Å². The zero-order valence-corrected chi connectivity index (χ0v) is 17.5. The van der Waals surface area contributed by atoms with E-state index in [1.807, 2.05) is 67.1 Å². The molecule has 0 saturated carbocycles. The molecule has 0 aliphatic carbocycles. The molecular weight excluding hydrogens is 388 g/mol. The van der Waals surface area contributed by atoms with E-state index in [1.165, 1.54) is 11.8 Å². The van der Waals surface area contributed by atoms with Gasteiger partial charge in [-0.25, -0.2) is 0 Å². The van der Waals surface area contributed by atoms with Gasteiger partial charge in [0.2, 0.25) is 5.91 Å². The number of carbonyl (C=O) groups excluding carboxylic acids is 1. The van der Waals surface area contributed by atoms with Crippen molar-refractivity contribution in [3.8, 4) is 11.5 Å². The van der Waals surface area contributed by atoms with Crippen LogP contribution >= 0.6 is 11.8 Å². The summed E-state index contributed by atoms with van der Waals surface area (Å²) >= 11 is 1.54. The Kier molecular flexibility index (Phi) is 7.13. The first kappa shape index (κ1) is 20.7. The van der Waals surface area contributed by atoms with Crippen LogP contribution in [-0.2, 0) is 18.3 Å². The quantitative estimate of drug-likeness (QED) is 0.428. The highest BCUT2D eigenvalue weighted by molar-refractivity contribution is 7.99. The number of amides is 1. The summed E-state index contributed by atoms with van der Waals surface area (Å²) in [7, 11) is 3.49. The zero-order valence-electron chi connectivity index (χ0n) is 16.7. The Hall–Kier alpha value is -3.00. The van der Waals surface area contributed by atoms with Gasteiger partial charge >= 0.3 is 0 Å². The third kappa shape index (κ3) is 5.99. The van der Waals surface area contributed by atoms with E-state index in [9.17, 15) is 4.79 Å². The highest BCUT2D eigenvalue weighted by atomic mass is 32.2. The van der Waals surface area contributed by atoms with E-state index in [0.29, 0.717) is 18.2 Å². The topological polar surface area (TPSA) is 78.3 Å². The highest BCUT2D eigenvalue weighted by Gasteiger charge is 2.13. The lowest BCUT2D eigenvalue weighted by atomic mass is 10.2. The molecule has 1 aromatic heterocycles. The Morgan fingerprint density at radius 1 is 1.07 bits per heavy atom. The van der Waals surface area contributed by atoms with E-state index in [2.05, 4.69) is 15.5 Å². The first-order chi connectivity index (χ1) is 14.0. The molecule has 0 aliphatic heterocycles. The zero-order chi connectivity index (χ0) is 20.6. The molecule has 3 rings (SSSR count). The number of rotatable bonds is 9. The predicted octanol–water partition coefficient (Wildman–Crippen LogP) is 3.48. The molecule has 0 fully saturated rings. The molecule has 0 radical (unpaired) electrons. The number of benzene rings is 2. The Bertz CT molecular complexity index is 940. The van der Waals surface area contributed by atoms with Crippen molar-refractivity contribution in [2.45, 2.75) is 18.5 Å². The SMILES string of the molecule is COc1ccc(OCCSc2nnc(CC(=O)Nc3ccc(C)cc3)n2C)cc1. The number of ether oxygens (including phenoxy) is 2. The van der Waals surface area contributed by atoms with Crippen molar-refractivity contribution in [3.05, 3.63) is 59.9 Å². The molecule has 152 valence electrons. The van der Waals surface area contributed by atoms with Crippen molar-refractivity contribution in [1.82, 2.24) is 14.8 Å². The summed E-state index contributed by atoms with van der Waals surface area (Å²) in [6, 6.07) is 15.1. The summed E-state index contributed by atoms with van der Waals surface area (Å²) in [6.45, 7) is 2.54. The van der Waals surface area contributed by atoms with Crippen molar-refractivity contribution >= 4 is 23.4 Å². The van der Waals surface area contributed by atoms with Crippen LogP contribution < -0.4 is 14.8 Å². The first-order valence-electron chi connectivity index (χ1n) is 9.19. The second-order valence-electron chi connectivity index (χ2n) is 6.42. The second kappa shape index (κ2) is 9.97. The normalized spacial score (nSPS) is 10.6. The van der Waals surface area contributed by atoms with Gasteiger partial charge in [-0.05, 0) is 43.3 Å². The molecule has 1 N–H and O–H groups in total. The van der Waals surface area contributed by atoms with Crippen molar-refractivity contribution in [2.24, 2.45) is 7.05 Å². The maximum atomic E-state index is 12.3. The first-order valence-corrected chi connectivity index (χ1v) is 10.2. The van der Waals surface area contributed by atoms with Crippen LogP contribution in [0.25, 0.3) is 0 Å². The van der Waals surface area contributed by atoms with E-state index in [1.54, 1.807) is 7.11 Å². The molecule has 8 heteroatoms. The molecule has 0 saturated heterocycles. The van der Waals surface area contributed by atoms with Crippen molar-refractivity contribution in [3.63, 3.8) is 0 Å². The maximum absolute atomic E-state index is 12.3. The van der Waals surface area contributed by atoms with Crippen LogP contribution in [0.3, 0.4) is 0 Å². The summed E-state index contributed by atoms with van der Waals surface area (Å²) in [5.41, 5.74) is 1.92. The molecule has 0 unspecified atom stereocenters. The van der Waals surface area contributed by atoms with Gasteiger partial charge in [-0.2, -0.15) is 0 Å². The standard InChI is InChI=1S/C21H24N4O3S/c1-15-4-6-16(7-5-15)22-20(26)14-19-23-24-21(25(19)2)29-13-12-28-18-10-8-17(27-3)9-11-18/h4-11H,12-14H2,1-3H3,(H,22,26). The lowest BCUT2D eigenvalue weighted by molar-refractivity contribution is -0.115. The van der Waals surface area contributed by atoms with Gasteiger partial charge in [0.15, 0.2) is 5.16 Å². The Labute approximate surface area is 174 Å². The molecule has 0 spiro atoms.